The summed E-state index contributed by atoms with van der Waals surface area (Å²) >= 11 is 6.89. The molecule has 2 saturated heterocycles. The van der Waals surface area contributed by atoms with Gasteiger partial charge in [0.1, 0.15) is 5.65 Å². The number of H-pyrrole nitrogens is 1. The Hall–Kier alpha value is -1.99. The molecule has 0 aliphatic carbocycles. The number of hydrogen-bond acceptors (Lipinski definition) is 5. The second-order valence-electron chi connectivity index (χ2n) is 7.85. The summed E-state index contributed by atoms with van der Waals surface area (Å²) in [5.41, 5.74) is 6.03. The summed E-state index contributed by atoms with van der Waals surface area (Å²) in [6, 6.07) is 4.17. The van der Waals surface area contributed by atoms with Gasteiger partial charge in [-0.15, -0.1) is 0 Å². The second-order valence-corrected chi connectivity index (χ2v) is 8.26. The van der Waals surface area contributed by atoms with Gasteiger partial charge in [0.2, 0.25) is 0 Å². The Morgan fingerprint density at radius 3 is 2.79 bits per heavy atom. The zero-order chi connectivity index (χ0) is 19.8. The normalized spacial score (nSPS) is 21.0. The Balaban J connectivity index is 1.62. The number of pyridine rings is 2. The summed E-state index contributed by atoms with van der Waals surface area (Å²) in [6.45, 7) is 5.76. The zero-order valence-electron chi connectivity index (χ0n) is 16.5. The van der Waals surface area contributed by atoms with E-state index >= 15 is 0 Å². The first kappa shape index (κ1) is 19.0. The lowest BCUT2D eigenvalue weighted by Gasteiger charge is -2.30. The Kier molecular flexibility index (Phi) is 5.26. The monoisotopic (exact) mass is 412 g/mol. The van der Waals surface area contributed by atoms with E-state index in [1.807, 2.05) is 18.5 Å². The van der Waals surface area contributed by atoms with Crippen LogP contribution in [0.15, 0.2) is 24.5 Å². The van der Waals surface area contributed by atoms with Gasteiger partial charge < -0.3 is 19.8 Å². The summed E-state index contributed by atoms with van der Waals surface area (Å²) in [5, 5.41) is 5.44. The first-order valence-corrected chi connectivity index (χ1v) is 10.6. The van der Waals surface area contributed by atoms with Crippen molar-refractivity contribution in [1.29, 1.82) is 0 Å². The topological polar surface area (TPSA) is 72.1 Å². The van der Waals surface area contributed by atoms with E-state index in [-0.39, 0.29) is 6.04 Å². The molecule has 0 bridgehead atoms. The van der Waals surface area contributed by atoms with Crippen molar-refractivity contribution in [3.63, 3.8) is 0 Å². The maximum Gasteiger partial charge on any atom is 0.137 e. The Bertz CT molecular complexity index is 1020. The lowest BCUT2D eigenvalue weighted by Crippen LogP contribution is -2.36. The quantitative estimate of drug-likeness (QED) is 0.676. The largest absolute Gasteiger partial charge is 0.381 e. The fourth-order valence-corrected chi connectivity index (χ4v) is 4.72. The molecule has 0 radical (unpaired) electrons. The fourth-order valence-electron chi connectivity index (χ4n) is 4.36. The van der Waals surface area contributed by atoms with E-state index in [9.17, 15) is 0 Å². The predicted octanol–water partition coefficient (Wildman–Crippen LogP) is 4.14. The highest BCUT2D eigenvalue weighted by molar-refractivity contribution is 6.31. The van der Waals surface area contributed by atoms with Crippen LogP contribution in [-0.2, 0) is 9.47 Å². The number of aromatic amines is 1. The molecule has 0 spiro atoms. The van der Waals surface area contributed by atoms with Crippen LogP contribution in [0.1, 0.15) is 41.6 Å². The van der Waals surface area contributed by atoms with Crippen molar-refractivity contribution in [1.82, 2.24) is 20.3 Å². The van der Waals surface area contributed by atoms with Gasteiger partial charge in [0.25, 0.3) is 0 Å². The smallest absolute Gasteiger partial charge is 0.137 e. The van der Waals surface area contributed by atoms with Crippen LogP contribution in [0.3, 0.4) is 0 Å². The summed E-state index contributed by atoms with van der Waals surface area (Å²) < 4.78 is 11.3. The highest BCUT2D eigenvalue weighted by Crippen LogP contribution is 2.39. The molecular weight excluding hydrogens is 388 g/mol. The summed E-state index contributed by atoms with van der Waals surface area (Å²) in [7, 11) is 0. The molecule has 6 nitrogen and oxygen atoms in total. The molecule has 3 aromatic rings. The predicted molar refractivity (Wildman–Crippen MR) is 113 cm³/mol. The van der Waals surface area contributed by atoms with E-state index in [4.69, 9.17) is 26.1 Å². The number of nitrogens with one attached hydrogen (secondary N) is 2. The van der Waals surface area contributed by atoms with E-state index in [1.165, 1.54) is 5.56 Å². The third kappa shape index (κ3) is 3.66. The molecule has 0 aromatic carbocycles. The molecule has 2 aliphatic rings. The van der Waals surface area contributed by atoms with E-state index in [0.717, 1.165) is 77.8 Å². The van der Waals surface area contributed by atoms with Crippen LogP contribution in [0.2, 0.25) is 5.02 Å². The number of rotatable bonds is 3. The minimum Gasteiger partial charge on any atom is -0.381 e. The lowest BCUT2D eigenvalue weighted by molar-refractivity contribution is 0.0727. The van der Waals surface area contributed by atoms with Crippen LogP contribution in [0.4, 0.5) is 0 Å². The highest BCUT2D eigenvalue weighted by Gasteiger charge is 2.28. The van der Waals surface area contributed by atoms with Crippen molar-refractivity contribution in [3.8, 4) is 11.3 Å². The van der Waals surface area contributed by atoms with Gasteiger partial charge in [-0.25, -0.2) is 4.98 Å². The van der Waals surface area contributed by atoms with E-state index < -0.39 is 0 Å². The van der Waals surface area contributed by atoms with Crippen LogP contribution >= 0.6 is 11.6 Å². The highest BCUT2D eigenvalue weighted by atomic mass is 35.5. The minimum absolute atomic E-state index is 0.0460. The standard InChI is InChI=1S/C22H25ClN4O2/c1-13-10-25-22-16(13)8-15(11-26-22)18-9-17(23)20(14-2-5-28-6-3-14)21(27-18)19-12-29-7-4-24-19/h8-11,14,19,24H,2-7,12H2,1H3,(H,25,26). The van der Waals surface area contributed by atoms with Gasteiger partial charge in [0, 0.05) is 48.1 Å². The fraction of sp³-hybridized carbons (Fsp3) is 0.455. The maximum atomic E-state index is 6.89. The van der Waals surface area contributed by atoms with Crippen LogP contribution in [-0.4, -0.2) is 47.9 Å². The number of halogens is 1. The number of ether oxygens (including phenoxy) is 2. The summed E-state index contributed by atoms with van der Waals surface area (Å²) in [4.78, 5) is 12.9. The molecule has 5 rings (SSSR count). The molecule has 5 heterocycles. The third-order valence-electron chi connectivity index (χ3n) is 5.95. The molecule has 3 aromatic heterocycles. The maximum absolute atomic E-state index is 6.89. The van der Waals surface area contributed by atoms with Crippen molar-refractivity contribution in [3.05, 3.63) is 46.4 Å². The van der Waals surface area contributed by atoms with Gasteiger partial charge >= 0.3 is 0 Å². The molecule has 1 atom stereocenters. The number of fused-ring (bicyclic) bond motifs is 1. The van der Waals surface area contributed by atoms with Gasteiger partial charge in [-0.1, -0.05) is 11.6 Å². The molecule has 0 saturated carbocycles. The van der Waals surface area contributed by atoms with Crippen LogP contribution in [0.25, 0.3) is 22.3 Å². The molecule has 2 fully saturated rings. The number of nitrogens with zero attached hydrogens (tertiary/aromatic N) is 2. The third-order valence-corrected chi connectivity index (χ3v) is 6.27. The minimum atomic E-state index is 0.0460. The first-order chi connectivity index (χ1) is 14.2. The molecule has 29 heavy (non-hydrogen) atoms. The van der Waals surface area contributed by atoms with Crippen LogP contribution in [0.5, 0.6) is 0 Å². The van der Waals surface area contributed by atoms with Crippen LogP contribution in [0, 0.1) is 6.92 Å². The van der Waals surface area contributed by atoms with Crippen molar-refractivity contribution >= 4 is 22.6 Å². The molecule has 0 amide bonds. The van der Waals surface area contributed by atoms with Gasteiger partial charge in [-0.05, 0) is 48.9 Å². The molecular formula is C22H25ClN4O2. The summed E-state index contributed by atoms with van der Waals surface area (Å²) in [6.07, 6.45) is 5.78. The van der Waals surface area contributed by atoms with E-state index in [2.05, 4.69) is 28.3 Å². The van der Waals surface area contributed by atoms with Crippen molar-refractivity contribution in [2.75, 3.05) is 33.0 Å². The Morgan fingerprint density at radius 2 is 2.00 bits per heavy atom. The average molecular weight is 413 g/mol. The van der Waals surface area contributed by atoms with Gasteiger partial charge in [-0.2, -0.15) is 0 Å². The molecule has 1 unspecified atom stereocenters. The van der Waals surface area contributed by atoms with Gasteiger partial charge in [0.05, 0.1) is 30.6 Å². The van der Waals surface area contributed by atoms with Crippen molar-refractivity contribution < 1.29 is 9.47 Å². The van der Waals surface area contributed by atoms with Gasteiger partial charge in [-0.3, -0.25) is 4.98 Å². The average Bonchev–Trinajstić information content (AvgIpc) is 3.14. The molecule has 2 aliphatic heterocycles. The van der Waals surface area contributed by atoms with E-state index in [0.29, 0.717) is 12.5 Å². The Morgan fingerprint density at radius 1 is 1.14 bits per heavy atom. The number of morpholine rings is 1. The number of aromatic nitrogens is 3. The number of hydrogen-bond donors (Lipinski definition) is 2. The molecule has 2 N–H and O–H groups in total. The van der Waals surface area contributed by atoms with Crippen molar-refractivity contribution in [2.24, 2.45) is 0 Å². The summed E-state index contributed by atoms with van der Waals surface area (Å²) in [5.74, 6) is 0.365. The van der Waals surface area contributed by atoms with Gasteiger partial charge in [0.15, 0.2) is 0 Å². The van der Waals surface area contributed by atoms with Crippen LogP contribution < -0.4 is 5.32 Å². The van der Waals surface area contributed by atoms with Crippen molar-refractivity contribution in [2.45, 2.75) is 31.7 Å². The second kappa shape index (κ2) is 8.03. The molecule has 152 valence electrons. The first-order valence-electron chi connectivity index (χ1n) is 10.2. The Labute approximate surface area is 175 Å². The zero-order valence-corrected chi connectivity index (χ0v) is 17.3. The SMILES string of the molecule is Cc1c[nH]c2ncc(-c3cc(Cl)c(C4CCOCC4)c(C4COCCN4)n3)cc12. The number of aryl methyl sites for hydroxylation is 1. The van der Waals surface area contributed by atoms with E-state index in [1.54, 1.807) is 0 Å². The lowest BCUT2D eigenvalue weighted by atomic mass is 9.88. The molecule has 7 heteroatoms.